The zero-order valence-electron chi connectivity index (χ0n) is 22.1. The summed E-state index contributed by atoms with van der Waals surface area (Å²) in [6.07, 6.45) is 7.82. The maximum Gasteiger partial charge on any atom is 0.410 e. The Morgan fingerprint density at radius 3 is 2.49 bits per heavy atom. The first-order chi connectivity index (χ1) is 16.8. The Bertz CT molecular complexity index is 855. The Balaban J connectivity index is 1.07. The number of hydrogen-bond donors (Lipinski definition) is 0. The maximum absolute atomic E-state index is 12.5. The van der Waals surface area contributed by atoms with Crippen LogP contribution in [0.3, 0.4) is 0 Å². The summed E-state index contributed by atoms with van der Waals surface area (Å²) in [5.74, 6) is 3.43. The summed E-state index contributed by atoms with van der Waals surface area (Å²) in [6, 6.07) is 9.22. The smallest absolute Gasteiger partial charge is 0.410 e. The molecule has 0 N–H and O–H groups in total. The lowest BCUT2D eigenvalue weighted by Crippen LogP contribution is -2.58. The average molecular weight is 484 g/mol. The molecule has 2 unspecified atom stereocenters. The second-order valence-corrected chi connectivity index (χ2v) is 12.5. The van der Waals surface area contributed by atoms with Gasteiger partial charge in [-0.25, -0.2) is 4.79 Å². The molecule has 5 rings (SSSR count). The van der Waals surface area contributed by atoms with Gasteiger partial charge in [-0.05, 0) is 76.0 Å². The standard InChI is InChI=1S/C29H45N3O3/c1-29(2,3)35-28(33)32-14-13-31-17-23(11-12-26(31)20-32)21-34-27-10-6-7-22(15-27)16-30-18-24-8-4-5-9-25(24)19-30/h6-7,10,15,23-26H,4-5,8-9,11-14,16-21H2,1-3H3/t23-,24?,25?,26+/m1/s1. The van der Waals surface area contributed by atoms with Crippen LogP contribution in [0.15, 0.2) is 24.3 Å². The number of benzene rings is 1. The summed E-state index contributed by atoms with van der Waals surface area (Å²) in [7, 11) is 0. The number of piperidine rings is 1. The zero-order chi connectivity index (χ0) is 24.4. The van der Waals surface area contributed by atoms with Gasteiger partial charge in [-0.15, -0.1) is 0 Å². The highest BCUT2D eigenvalue weighted by Gasteiger charge is 2.36. The van der Waals surface area contributed by atoms with Crippen LogP contribution in [0.2, 0.25) is 0 Å². The molecule has 4 aliphatic rings. The van der Waals surface area contributed by atoms with Crippen LogP contribution in [-0.4, -0.2) is 78.3 Å². The van der Waals surface area contributed by atoms with Gasteiger partial charge in [0, 0.05) is 57.8 Å². The molecule has 1 saturated carbocycles. The first-order valence-corrected chi connectivity index (χ1v) is 14.0. The van der Waals surface area contributed by atoms with Gasteiger partial charge in [0.25, 0.3) is 0 Å². The van der Waals surface area contributed by atoms with Gasteiger partial charge in [-0.1, -0.05) is 25.0 Å². The predicted octanol–water partition coefficient (Wildman–Crippen LogP) is 5.02. The minimum atomic E-state index is -0.437. The molecular formula is C29H45N3O3. The monoisotopic (exact) mass is 483 g/mol. The highest BCUT2D eigenvalue weighted by Crippen LogP contribution is 2.36. The van der Waals surface area contributed by atoms with Crippen molar-refractivity contribution in [1.29, 1.82) is 0 Å². The molecule has 0 spiro atoms. The van der Waals surface area contributed by atoms with Crippen molar-refractivity contribution < 1.29 is 14.3 Å². The number of nitrogens with zero attached hydrogens (tertiary/aromatic N) is 3. The predicted molar refractivity (Wildman–Crippen MR) is 139 cm³/mol. The van der Waals surface area contributed by atoms with E-state index in [1.165, 1.54) is 44.3 Å². The molecule has 3 heterocycles. The Morgan fingerprint density at radius 2 is 1.74 bits per heavy atom. The van der Waals surface area contributed by atoms with E-state index >= 15 is 0 Å². The molecule has 6 heteroatoms. The fourth-order valence-corrected chi connectivity index (χ4v) is 6.72. The van der Waals surface area contributed by atoms with E-state index in [1.807, 2.05) is 25.7 Å². The van der Waals surface area contributed by atoms with Crippen LogP contribution in [-0.2, 0) is 11.3 Å². The SMILES string of the molecule is CC(C)(C)OC(=O)N1CCN2C[C@H](COc3cccc(CN4CC5CCCCC5C4)c3)CC[C@H]2C1. The van der Waals surface area contributed by atoms with Crippen molar-refractivity contribution in [2.75, 3.05) is 45.9 Å². The molecule has 0 radical (unpaired) electrons. The Kier molecular flexibility index (Phi) is 7.59. The number of likely N-dealkylation sites (tertiary alicyclic amines) is 1. The molecule has 1 aromatic rings. The van der Waals surface area contributed by atoms with Gasteiger partial charge in [0.05, 0.1) is 6.61 Å². The van der Waals surface area contributed by atoms with Crippen LogP contribution in [0.25, 0.3) is 0 Å². The van der Waals surface area contributed by atoms with E-state index in [4.69, 9.17) is 9.47 Å². The molecule has 1 aliphatic carbocycles. The Morgan fingerprint density at radius 1 is 0.971 bits per heavy atom. The lowest BCUT2D eigenvalue weighted by molar-refractivity contribution is -0.0122. The third-order valence-electron chi connectivity index (χ3n) is 8.50. The highest BCUT2D eigenvalue weighted by molar-refractivity contribution is 5.68. The third-order valence-corrected chi connectivity index (χ3v) is 8.50. The number of hydrogen-bond acceptors (Lipinski definition) is 5. The van der Waals surface area contributed by atoms with Crippen molar-refractivity contribution in [2.24, 2.45) is 17.8 Å². The summed E-state index contributed by atoms with van der Waals surface area (Å²) < 4.78 is 11.9. The van der Waals surface area contributed by atoms with Crippen LogP contribution >= 0.6 is 0 Å². The van der Waals surface area contributed by atoms with Gasteiger partial charge in [0.2, 0.25) is 0 Å². The topological polar surface area (TPSA) is 45.3 Å². The van der Waals surface area contributed by atoms with Gasteiger partial charge in [0.1, 0.15) is 11.4 Å². The van der Waals surface area contributed by atoms with E-state index in [-0.39, 0.29) is 6.09 Å². The molecule has 1 aromatic carbocycles. The molecular weight excluding hydrogens is 438 g/mol. The summed E-state index contributed by atoms with van der Waals surface area (Å²) in [5.41, 5.74) is 0.941. The van der Waals surface area contributed by atoms with E-state index in [0.29, 0.717) is 12.0 Å². The first kappa shape index (κ1) is 24.9. The highest BCUT2D eigenvalue weighted by atomic mass is 16.6. The molecule has 3 saturated heterocycles. The normalized spacial score (nSPS) is 30.0. The van der Waals surface area contributed by atoms with Gasteiger partial charge in [-0.3, -0.25) is 9.80 Å². The van der Waals surface area contributed by atoms with Crippen molar-refractivity contribution in [2.45, 2.75) is 77.5 Å². The van der Waals surface area contributed by atoms with Gasteiger partial charge < -0.3 is 14.4 Å². The molecule has 3 aliphatic heterocycles. The van der Waals surface area contributed by atoms with Crippen molar-refractivity contribution in [3.05, 3.63) is 29.8 Å². The van der Waals surface area contributed by atoms with Crippen molar-refractivity contribution in [3.63, 3.8) is 0 Å². The number of ether oxygens (including phenoxy) is 2. The van der Waals surface area contributed by atoms with Gasteiger partial charge in [-0.2, -0.15) is 0 Å². The molecule has 35 heavy (non-hydrogen) atoms. The van der Waals surface area contributed by atoms with E-state index in [1.54, 1.807) is 0 Å². The fraction of sp³-hybridized carbons (Fsp3) is 0.759. The first-order valence-electron chi connectivity index (χ1n) is 14.0. The van der Waals surface area contributed by atoms with E-state index in [0.717, 1.165) is 69.8 Å². The number of fused-ring (bicyclic) bond motifs is 2. The minimum absolute atomic E-state index is 0.171. The van der Waals surface area contributed by atoms with Crippen LogP contribution in [0.5, 0.6) is 5.75 Å². The number of rotatable bonds is 5. The molecule has 1 amide bonds. The largest absolute Gasteiger partial charge is 0.493 e. The molecule has 4 atom stereocenters. The quantitative estimate of drug-likeness (QED) is 0.589. The Labute approximate surface area is 211 Å². The fourth-order valence-electron chi connectivity index (χ4n) is 6.72. The summed E-state index contributed by atoms with van der Waals surface area (Å²) >= 11 is 0. The zero-order valence-corrected chi connectivity index (χ0v) is 22.1. The van der Waals surface area contributed by atoms with Crippen LogP contribution < -0.4 is 4.74 Å². The van der Waals surface area contributed by atoms with E-state index in [2.05, 4.69) is 34.1 Å². The number of carbonyl (C=O) groups is 1. The summed E-state index contributed by atoms with van der Waals surface area (Å²) in [6.45, 7) is 13.7. The second kappa shape index (κ2) is 10.7. The molecule has 0 bridgehead atoms. The van der Waals surface area contributed by atoms with Crippen LogP contribution in [0, 0.1) is 17.8 Å². The van der Waals surface area contributed by atoms with E-state index in [9.17, 15) is 4.79 Å². The van der Waals surface area contributed by atoms with E-state index < -0.39 is 5.60 Å². The maximum atomic E-state index is 12.5. The van der Waals surface area contributed by atoms with Gasteiger partial charge >= 0.3 is 6.09 Å². The number of carbonyl (C=O) groups excluding carboxylic acids is 1. The lowest BCUT2D eigenvalue weighted by atomic mass is 9.82. The average Bonchev–Trinajstić information content (AvgIpc) is 3.24. The molecule has 0 aromatic heterocycles. The van der Waals surface area contributed by atoms with Crippen molar-refractivity contribution in [1.82, 2.24) is 14.7 Å². The molecule has 194 valence electrons. The van der Waals surface area contributed by atoms with Crippen molar-refractivity contribution in [3.8, 4) is 5.75 Å². The lowest BCUT2D eigenvalue weighted by Gasteiger charge is -2.46. The second-order valence-electron chi connectivity index (χ2n) is 12.5. The third kappa shape index (κ3) is 6.51. The van der Waals surface area contributed by atoms with Gasteiger partial charge in [0.15, 0.2) is 0 Å². The number of amides is 1. The Hall–Kier alpha value is -1.79. The summed E-state index contributed by atoms with van der Waals surface area (Å²) in [5, 5.41) is 0. The van der Waals surface area contributed by atoms with Crippen LogP contribution in [0.1, 0.15) is 64.9 Å². The molecule has 4 fully saturated rings. The van der Waals surface area contributed by atoms with Crippen LogP contribution in [0.4, 0.5) is 4.79 Å². The van der Waals surface area contributed by atoms with Crippen molar-refractivity contribution >= 4 is 6.09 Å². The number of piperazine rings is 1. The molecule has 6 nitrogen and oxygen atoms in total. The minimum Gasteiger partial charge on any atom is -0.493 e. The summed E-state index contributed by atoms with van der Waals surface area (Å²) in [4.78, 5) is 19.6.